The van der Waals surface area contributed by atoms with Crippen LogP contribution in [0.5, 0.6) is 0 Å². The standard InChI is InChI=1S/C19H18ClN3O4/c1-12-2-4-13(5-3-12)10-22-11-14(8-18(22)24)19(25)21-15-6-7-16(20)17(9-15)23(26)27/h2-7,9,14H,8,10-11H2,1H3,(H,21,25)/t14-/m0/s1. The fourth-order valence-corrected chi connectivity index (χ4v) is 3.18. The van der Waals surface area contributed by atoms with Gasteiger partial charge in [-0.2, -0.15) is 0 Å². The number of halogens is 1. The molecule has 1 saturated heterocycles. The van der Waals surface area contributed by atoms with Gasteiger partial charge in [-0.3, -0.25) is 19.7 Å². The normalized spacial score (nSPS) is 16.4. The Labute approximate surface area is 161 Å². The quantitative estimate of drug-likeness (QED) is 0.627. The third-order valence-corrected chi connectivity index (χ3v) is 4.81. The van der Waals surface area contributed by atoms with Gasteiger partial charge in [0.2, 0.25) is 11.8 Å². The maximum Gasteiger partial charge on any atom is 0.289 e. The monoisotopic (exact) mass is 387 g/mol. The summed E-state index contributed by atoms with van der Waals surface area (Å²) in [6, 6.07) is 11.9. The molecule has 1 aliphatic heterocycles. The van der Waals surface area contributed by atoms with Crippen LogP contribution in [0.25, 0.3) is 0 Å². The van der Waals surface area contributed by atoms with E-state index in [2.05, 4.69) is 5.32 Å². The van der Waals surface area contributed by atoms with Crippen molar-refractivity contribution in [3.8, 4) is 0 Å². The number of rotatable bonds is 5. The number of likely N-dealkylation sites (tertiary alicyclic amines) is 1. The highest BCUT2D eigenvalue weighted by atomic mass is 35.5. The fraction of sp³-hybridized carbons (Fsp3) is 0.263. The fourth-order valence-electron chi connectivity index (χ4n) is 2.99. The first-order valence-electron chi connectivity index (χ1n) is 8.41. The van der Waals surface area contributed by atoms with Gasteiger partial charge in [-0.1, -0.05) is 41.4 Å². The number of hydrogen-bond donors (Lipinski definition) is 1. The maximum atomic E-state index is 12.5. The van der Waals surface area contributed by atoms with Gasteiger partial charge in [0, 0.05) is 31.3 Å². The van der Waals surface area contributed by atoms with Crippen LogP contribution in [0.3, 0.4) is 0 Å². The maximum absolute atomic E-state index is 12.5. The van der Waals surface area contributed by atoms with Crippen LogP contribution < -0.4 is 5.32 Å². The second kappa shape index (κ2) is 7.75. The van der Waals surface area contributed by atoms with Gasteiger partial charge in [-0.15, -0.1) is 0 Å². The number of hydrogen-bond acceptors (Lipinski definition) is 4. The number of nitrogens with one attached hydrogen (secondary N) is 1. The Balaban J connectivity index is 1.64. The molecule has 27 heavy (non-hydrogen) atoms. The number of amides is 2. The Morgan fingerprint density at radius 2 is 2.00 bits per heavy atom. The van der Waals surface area contributed by atoms with Crippen LogP contribution in [-0.4, -0.2) is 28.2 Å². The summed E-state index contributed by atoms with van der Waals surface area (Å²) in [6.45, 7) is 2.76. The Hall–Kier alpha value is -2.93. The van der Waals surface area contributed by atoms with E-state index in [-0.39, 0.29) is 34.6 Å². The molecule has 0 spiro atoms. The Bertz CT molecular complexity index is 898. The van der Waals surface area contributed by atoms with Crippen molar-refractivity contribution in [1.82, 2.24) is 4.90 Å². The molecule has 2 aromatic carbocycles. The molecule has 0 aliphatic carbocycles. The molecule has 1 aliphatic rings. The summed E-state index contributed by atoms with van der Waals surface area (Å²) >= 11 is 5.77. The molecule has 8 heteroatoms. The molecule has 2 amide bonds. The zero-order valence-corrected chi connectivity index (χ0v) is 15.4. The van der Waals surface area contributed by atoms with Crippen molar-refractivity contribution in [2.75, 3.05) is 11.9 Å². The lowest BCUT2D eigenvalue weighted by Gasteiger charge is -2.17. The van der Waals surface area contributed by atoms with E-state index in [1.807, 2.05) is 31.2 Å². The number of nitro benzene ring substituents is 1. The van der Waals surface area contributed by atoms with Gasteiger partial charge in [0.15, 0.2) is 0 Å². The lowest BCUT2D eigenvalue weighted by molar-refractivity contribution is -0.384. The third-order valence-electron chi connectivity index (χ3n) is 4.49. The van der Waals surface area contributed by atoms with Gasteiger partial charge in [0.1, 0.15) is 5.02 Å². The molecule has 0 radical (unpaired) electrons. The molecular formula is C19H18ClN3O4. The number of nitro groups is 1. The van der Waals surface area contributed by atoms with E-state index in [1.54, 1.807) is 4.90 Å². The van der Waals surface area contributed by atoms with Crippen LogP contribution in [0.2, 0.25) is 5.02 Å². The van der Waals surface area contributed by atoms with E-state index in [0.29, 0.717) is 13.1 Å². The first-order valence-corrected chi connectivity index (χ1v) is 8.79. The number of carbonyl (C=O) groups excluding carboxylic acids is 2. The van der Waals surface area contributed by atoms with Crippen molar-refractivity contribution >= 4 is 34.8 Å². The van der Waals surface area contributed by atoms with Gasteiger partial charge >= 0.3 is 0 Å². The summed E-state index contributed by atoms with van der Waals surface area (Å²) in [7, 11) is 0. The average molecular weight is 388 g/mol. The number of nitrogens with zero attached hydrogens (tertiary/aromatic N) is 2. The van der Waals surface area contributed by atoms with Crippen molar-refractivity contribution in [2.24, 2.45) is 5.92 Å². The van der Waals surface area contributed by atoms with E-state index >= 15 is 0 Å². The van der Waals surface area contributed by atoms with Gasteiger partial charge in [0.05, 0.1) is 10.8 Å². The molecule has 0 unspecified atom stereocenters. The lowest BCUT2D eigenvalue weighted by atomic mass is 10.1. The van der Waals surface area contributed by atoms with E-state index in [4.69, 9.17) is 11.6 Å². The number of aryl methyl sites for hydroxylation is 1. The summed E-state index contributed by atoms with van der Waals surface area (Å²) in [4.78, 5) is 36.7. The summed E-state index contributed by atoms with van der Waals surface area (Å²) < 4.78 is 0. The Morgan fingerprint density at radius 1 is 1.30 bits per heavy atom. The largest absolute Gasteiger partial charge is 0.338 e. The molecule has 0 saturated carbocycles. The van der Waals surface area contributed by atoms with Crippen molar-refractivity contribution in [3.05, 3.63) is 68.7 Å². The predicted octanol–water partition coefficient (Wildman–Crippen LogP) is 3.54. The number of benzene rings is 2. The predicted molar refractivity (Wildman–Crippen MR) is 101 cm³/mol. The average Bonchev–Trinajstić information content (AvgIpc) is 2.99. The minimum Gasteiger partial charge on any atom is -0.338 e. The molecule has 1 fully saturated rings. The van der Waals surface area contributed by atoms with Gasteiger partial charge < -0.3 is 10.2 Å². The second-order valence-corrected chi connectivity index (χ2v) is 6.98. The van der Waals surface area contributed by atoms with E-state index < -0.39 is 10.8 Å². The molecular weight excluding hydrogens is 370 g/mol. The summed E-state index contributed by atoms with van der Waals surface area (Å²) in [5, 5.41) is 13.6. The molecule has 2 aromatic rings. The van der Waals surface area contributed by atoms with Gasteiger partial charge in [0.25, 0.3) is 5.69 Å². The minimum atomic E-state index is -0.611. The molecule has 140 valence electrons. The SMILES string of the molecule is Cc1ccc(CN2C[C@@H](C(=O)Nc3ccc(Cl)c([N+](=O)[O-])c3)CC2=O)cc1. The highest BCUT2D eigenvalue weighted by Crippen LogP contribution is 2.28. The van der Waals surface area contributed by atoms with Crippen LogP contribution >= 0.6 is 11.6 Å². The number of anilines is 1. The van der Waals surface area contributed by atoms with Crippen molar-refractivity contribution in [1.29, 1.82) is 0 Å². The van der Waals surface area contributed by atoms with Gasteiger partial charge in [-0.05, 0) is 24.6 Å². The van der Waals surface area contributed by atoms with Crippen LogP contribution in [-0.2, 0) is 16.1 Å². The van der Waals surface area contributed by atoms with E-state index in [9.17, 15) is 19.7 Å². The van der Waals surface area contributed by atoms with E-state index in [1.165, 1.54) is 18.2 Å². The molecule has 3 rings (SSSR count). The zero-order valence-electron chi connectivity index (χ0n) is 14.6. The second-order valence-electron chi connectivity index (χ2n) is 6.57. The van der Waals surface area contributed by atoms with Crippen molar-refractivity contribution in [3.63, 3.8) is 0 Å². The lowest BCUT2D eigenvalue weighted by Crippen LogP contribution is -2.28. The molecule has 1 atom stereocenters. The molecule has 0 bridgehead atoms. The third kappa shape index (κ3) is 4.43. The van der Waals surface area contributed by atoms with Gasteiger partial charge in [-0.25, -0.2) is 0 Å². The van der Waals surface area contributed by atoms with Crippen LogP contribution in [0.15, 0.2) is 42.5 Å². The summed E-state index contributed by atoms with van der Waals surface area (Å²) in [5.74, 6) is -0.929. The van der Waals surface area contributed by atoms with Crippen LogP contribution in [0, 0.1) is 23.0 Å². The van der Waals surface area contributed by atoms with E-state index in [0.717, 1.165) is 11.1 Å². The topological polar surface area (TPSA) is 92.6 Å². The molecule has 7 nitrogen and oxygen atoms in total. The summed E-state index contributed by atoms with van der Waals surface area (Å²) in [6.07, 6.45) is 0.118. The van der Waals surface area contributed by atoms with Crippen molar-refractivity contribution < 1.29 is 14.5 Å². The number of carbonyl (C=O) groups is 2. The Kier molecular flexibility index (Phi) is 5.41. The van der Waals surface area contributed by atoms with Crippen LogP contribution in [0.1, 0.15) is 17.5 Å². The molecule has 1 heterocycles. The smallest absolute Gasteiger partial charge is 0.289 e. The minimum absolute atomic E-state index is 0.00156. The molecule has 0 aromatic heterocycles. The highest BCUT2D eigenvalue weighted by Gasteiger charge is 2.34. The van der Waals surface area contributed by atoms with Crippen molar-refractivity contribution in [2.45, 2.75) is 19.9 Å². The molecule has 1 N–H and O–H groups in total. The summed E-state index contributed by atoms with van der Waals surface area (Å²) in [5.41, 5.74) is 2.14. The Morgan fingerprint density at radius 3 is 2.67 bits per heavy atom. The first-order chi connectivity index (χ1) is 12.8. The zero-order chi connectivity index (χ0) is 19.6. The van der Waals surface area contributed by atoms with Crippen LogP contribution in [0.4, 0.5) is 11.4 Å². The first kappa shape index (κ1) is 18.8. The highest BCUT2D eigenvalue weighted by molar-refractivity contribution is 6.32.